The molecule has 0 aliphatic heterocycles. The van der Waals surface area contributed by atoms with Crippen molar-refractivity contribution in [3.8, 4) is 0 Å². The van der Waals surface area contributed by atoms with E-state index in [9.17, 15) is 9.59 Å². The highest BCUT2D eigenvalue weighted by Crippen LogP contribution is 2.11. The maximum absolute atomic E-state index is 11.5. The van der Waals surface area contributed by atoms with Crippen molar-refractivity contribution in [1.29, 1.82) is 0 Å². The Kier molecular flexibility index (Phi) is 4.60. The van der Waals surface area contributed by atoms with Gasteiger partial charge in [0.2, 0.25) is 5.91 Å². The van der Waals surface area contributed by atoms with Gasteiger partial charge in [-0.3, -0.25) is 4.79 Å². The lowest BCUT2D eigenvalue weighted by molar-refractivity contribution is -0.147. The first-order valence-corrected chi connectivity index (χ1v) is 4.92. The van der Waals surface area contributed by atoms with Gasteiger partial charge >= 0.3 is 5.97 Å². The first-order valence-electron chi connectivity index (χ1n) is 4.92. The number of hydrogen-bond acceptors (Lipinski definition) is 2. The molecule has 0 rings (SSSR count). The number of hydrogen-bond donors (Lipinski definition) is 2. The SMILES string of the molecule is CCC(C)C(=O)NC(C)(CC)C(=O)O. The van der Waals surface area contributed by atoms with E-state index in [1.807, 2.05) is 6.92 Å². The molecule has 0 saturated carbocycles. The number of carbonyl (C=O) groups is 2. The third kappa shape index (κ3) is 3.01. The molecule has 0 fully saturated rings. The third-order valence-electron chi connectivity index (χ3n) is 2.64. The maximum Gasteiger partial charge on any atom is 0.329 e. The van der Waals surface area contributed by atoms with Gasteiger partial charge in [0.1, 0.15) is 5.54 Å². The molecule has 0 aliphatic carbocycles. The number of carboxylic acids is 1. The van der Waals surface area contributed by atoms with Crippen molar-refractivity contribution in [2.45, 2.75) is 46.1 Å². The summed E-state index contributed by atoms with van der Waals surface area (Å²) in [5.41, 5.74) is -1.14. The van der Waals surface area contributed by atoms with Gasteiger partial charge in [0.05, 0.1) is 0 Å². The Labute approximate surface area is 84.7 Å². The predicted octanol–water partition coefficient (Wildman–Crippen LogP) is 1.40. The van der Waals surface area contributed by atoms with Crippen molar-refractivity contribution in [3.05, 3.63) is 0 Å². The van der Waals surface area contributed by atoms with E-state index in [1.54, 1.807) is 13.8 Å². The Morgan fingerprint density at radius 1 is 1.43 bits per heavy atom. The molecule has 2 N–H and O–H groups in total. The van der Waals surface area contributed by atoms with Crippen LogP contribution in [0.5, 0.6) is 0 Å². The summed E-state index contributed by atoms with van der Waals surface area (Å²) >= 11 is 0. The lowest BCUT2D eigenvalue weighted by Gasteiger charge is -2.26. The molecular weight excluding hydrogens is 182 g/mol. The van der Waals surface area contributed by atoms with Gasteiger partial charge < -0.3 is 10.4 Å². The molecule has 0 aromatic heterocycles. The second kappa shape index (κ2) is 4.98. The first-order chi connectivity index (χ1) is 6.37. The number of carbonyl (C=O) groups excluding carboxylic acids is 1. The Balaban J connectivity index is 4.47. The molecule has 0 heterocycles. The van der Waals surface area contributed by atoms with Crippen LogP contribution in [0, 0.1) is 5.92 Å². The van der Waals surface area contributed by atoms with Gasteiger partial charge in [-0.05, 0) is 19.8 Å². The second-order valence-corrected chi connectivity index (χ2v) is 3.79. The van der Waals surface area contributed by atoms with Gasteiger partial charge in [0.25, 0.3) is 0 Å². The number of aliphatic carboxylic acids is 1. The van der Waals surface area contributed by atoms with Crippen LogP contribution >= 0.6 is 0 Å². The van der Waals surface area contributed by atoms with Crippen molar-refractivity contribution >= 4 is 11.9 Å². The lowest BCUT2D eigenvalue weighted by Crippen LogP contribution is -2.53. The molecule has 0 aliphatic rings. The van der Waals surface area contributed by atoms with Crippen LogP contribution in [0.4, 0.5) is 0 Å². The van der Waals surface area contributed by atoms with E-state index in [4.69, 9.17) is 5.11 Å². The number of nitrogens with one attached hydrogen (secondary N) is 1. The average molecular weight is 201 g/mol. The predicted molar refractivity (Wildman–Crippen MR) is 53.9 cm³/mol. The second-order valence-electron chi connectivity index (χ2n) is 3.79. The van der Waals surface area contributed by atoms with Crippen molar-refractivity contribution < 1.29 is 14.7 Å². The number of carboxylic acid groups (broad SMARTS) is 1. The topological polar surface area (TPSA) is 66.4 Å². The quantitative estimate of drug-likeness (QED) is 0.706. The Bertz CT molecular complexity index is 227. The zero-order valence-corrected chi connectivity index (χ0v) is 9.26. The Morgan fingerprint density at radius 3 is 2.21 bits per heavy atom. The summed E-state index contributed by atoms with van der Waals surface area (Å²) in [5.74, 6) is -1.32. The zero-order valence-electron chi connectivity index (χ0n) is 9.26. The molecule has 2 unspecified atom stereocenters. The van der Waals surface area contributed by atoms with Crippen LogP contribution in [0.3, 0.4) is 0 Å². The van der Waals surface area contributed by atoms with E-state index in [-0.39, 0.29) is 11.8 Å². The van der Waals surface area contributed by atoms with Crippen LogP contribution in [0.2, 0.25) is 0 Å². The van der Waals surface area contributed by atoms with Crippen LogP contribution in [-0.2, 0) is 9.59 Å². The van der Waals surface area contributed by atoms with Gasteiger partial charge in [0.15, 0.2) is 0 Å². The van der Waals surface area contributed by atoms with Crippen molar-refractivity contribution in [3.63, 3.8) is 0 Å². The maximum atomic E-state index is 11.5. The van der Waals surface area contributed by atoms with Crippen LogP contribution in [0.15, 0.2) is 0 Å². The van der Waals surface area contributed by atoms with Crippen molar-refractivity contribution in [2.75, 3.05) is 0 Å². The van der Waals surface area contributed by atoms with E-state index in [2.05, 4.69) is 5.32 Å². The summed E-state index contributed by atoms with van der Waals surface area (Å²) in [5, 5.41) is 11.5. The summed E-state index contributed by atoms with van der Waals surface area (Å²) in [6.07, 6.45) is 1.09. The fourth-order valence-electron chi connectivity index (χ4n) is 0.874. The zero-order chi connectivity index (χ0) is 11.4. The van der Waals surface area contributed by atoms with Gasteiger partial charge in [-0.25, -0.2) is 4.79 Å². The summed E-state index contributed by atoms with van der Waals surface area (Å²) in [6, 6.07) is 0. The monoisotopic (exact) mass is 201 g/mol. The molecule has 0 aromatic carbocycles. The lowest BCUT2D eigenvalue weighted by atomic mass is 9.97. The van der Waals surface area contributed by atoms with Crippen molar-refractivity contribution in [1.82, 2.24) is 5.32 Å². The molecular formula is C10H19NO3. The minimum atomic E-state index is -1.14. The normalized spacial score (nSPS) is 16.9. The van der Waals surface area contributed by atoms with Crippen LogP contribution in [0.1, 0.15) is 40.5 Å². The molecule has 4 nitrogen and oxygen atoms in total. The van der Waals surface area contributed by atoms with E-state index < -0.39 is 11.5 Å². The van der Waals surface area contributed by atoms with E-state index in [0.29, 0.717) is 12.8 Å². The molecule has 82 valence electrons. The molecule has 1 amide bonds. The summed E-state index contributed by atoms with van der Waals surface area (Å²) in [6.45, 7) is 6.95. The summed E-state index contributed by atoms with van der Waals surface area (Å²) in [4.78, 5) is 22.4. The summed E-state index contributed by atoms with van der Waals surface area (Å²) < 4.78 is 0. The van der Waals surface area contributed by atoms with Crippen LogP contribution < -0.4 is 5.32 Å². The molecule has 0 aromatic rings. The highest BCUT2D eigenvalue weighted by Gasteiger charge is 2.33. The molecule has 14 heavy (non-hydrogen) atoms. The fraction of sp³-hybridized carbons (Fsp3) is 0.800. The highest BCUT2D eigenvalue weighted by atomic mass is 16.4. The van der Waals surface area contributed by atoms with E-state index in [1.165, 1.54) is 6.92 Å². The van der Waals surface area contributed by atoms with Gasteiger partial charge in [-0.2, -0.15) is 0 Å². The summed E-state index contributed by atoms with van der Waals surface area (Å²) in [7, 11) is 0. The number of rotatable bonds is 5. The molecule has 0 radical (unpaired) electrons. The Hall–Kier alpha value is -1.06. The van der Waals surface area contributed by atoms with Crippen LogP contribution in [-0.4, -0.2) is 22.5 Å². The molecule has 0 saturated heterocycles. The van der Waals surface area contributed by atoms with Gasteiger partial charge in [-0.15, -0.1) is 0 Å². The molecule has 0 bridgehead atoms. The first kappa shape index (κ1) is 12.9. The smallest absolute Gasteiger partial charge is 0.329 e. The largest absolute Gasteiger partial charge is 0.480 e. The van der Waals surface area contributed by atoms with Gasteiger partial charge in [0, 0.05) is 5.92 Å². The molecule has 4 heteroatoms. The minimum Gasteiger partial charge on any atom is -0.480 e. The Morgan fingerprint density at radius 2 is 1.93 bits per heavy atom. The highest BCUT2D eigenvalue weighted by molar-refractivity contribution is 5.87. The fourth-order valence-corrected chi connectivity index (χ4v) is 0.874. The molecule has 0 spiro atoms. The average Bonchev–Trinajstić information content (AvgIpc) is 2.15. The van der Waals surface area contributed by atoms with E-state index >= 15 is 0 Å². The van der Waals surface area contributed by atoms with Crippen LogP contribution in [0.25, 0.3) is 0 Å². The standard InChI is InChI=1S/C10H19NO3/c1-5-7(3)8(12)11-10(4,6-2)9(13)14/h7H,5-6H2,1-4H3,(H,11,12)(H,13,14). The van der Waals surface area contributed by atoms with E-state index in [0.717, 1.165) is 0 Å². The van der Waals surface area contributed by atoms with Crippen molar-refractivity contribution in [2.24, 2.45) is 5.92 Å². The minimum absolute atomic E-state index is 0.139. The third-order valence-corrected chi connectivity index (χ3v) is 2.64. The number of amides is 1. The van der Waals surface area contributed by atoms with Gasteiger partial charge in [-0.1, -0.05) is 20.8 Å². The molecule has 2 atom stereocenters.